The largest absolute Gasteiger partial charge is 0.444 e. The van der Waals surface area contributed by atoms with Crippen molar-refractivity contribution in [2.24, 2.45) is 5.73 Å². The Kier molecular flexibility index (Phi) is 26.9. The Morgan fingerprint density at radius 3 is 1.46 bits per heavy atom. The Labute approximate surface area is 401 Å². The number of carbonyl (C=O) groups excluding carboxylic acids is 3. The Balaban J connectivity index is 0.000000377. The quantitative estimate of drug-likeness (QED) is 0.0693. The van der Waals surface area contributed by atoms with Crippen LogP contribution in [0.1, 0.15) is 100 Å². The number of hydrogen-bond acceptors (Lipinski definition) is 11. The number of fused-ring (bicyclic) bond motifs is 2. The molecule has 12 nitrogen and oxygen atoms in total. The molecule has 1 aliphatic heterocycles. The molecule has 1 aliphatic rings. The lowest BCUT2D eigenvalue weighted by molar-refractivity contribution is -0.120. The molecule has 3 heterocycles. The van der Waals surface area contributed by atoms with Gasteiger partial charge in [-0.05, 0) is 96.8 Å². The molecule has 1 fully saturated rings. The molecule has 0 spiro atoms. The van der Waals surface area contributed by atoms with Gasteiger partial charge in [0.2, 0.25) is 0 Å². The molecule has 2 atom stereocenters. The highest BCUT2D eigenvalue weighted by atomic mass is 35.5. The van der Waals surface area contributed by atoms with E-state index < -0.39 is 17.6 Å². The van der Waals surface area contributed by atoms with Gasteiger partial charge in [0.15, 0.2) is 0 Å². The van der Waals surface area contributed by atoms with Gasteiger partial charge in [-0.25, -0.2) is 4.79 Å². The van der Waals surface area contributed by atoms with Gasteiger partial charge in [0.05, 0.1) is 25.0 Å². The van der Waals surface area contributed by atoms with Crippen molar-refractivity contribution in [3.63, 3.8) is 0 Å². The van der Waals surface area contributed by atoms with E-state index in [-0.39, 0.29) is 64.2 Å². The van der Waals surface area contributed by atoms with E-state index >= 15 is 0 Å². The van der Waals surface area contributed by atoms with Crippen LogP contribution in [0.4, 0.5) is 4.79 Å². The van der Waals surface area contributed by atoms with Gasteiger partial charge in [-0.1, -0.05) is 99.3 Å². The van der Waals surface area contributed by atoms with Crippen molar-refractivity contribution in [2.75, 3.05) is 38.8 Å². The van der Waals surface area contributed by atoms with Crippen LogP contribution in [-0.4, -0.2) is 87.3 Å². The number of benzene rings is 4. The summed E-state index contributed by atoms with van der Waals surface area (Å²) < 4.78 is 10.3. The second-order valence-electron chi connectivity index (χ2n) is 16.3. The van der Waals surface area contributed by atoms with E-state index in [4.69, 9.17) is 37.0 Å². The van der Waals surface area contributed by atoms with E-state index in [2.05, 4.69) is 15.3 Å². The lowest BCUT2D eigenvalue weighted by atomic mass is 9.90. The van der Waals surface area contributed by atoms with Gasteiger partial charge in [-0.3, -0.25) is 19.6 Å². The maximum Gasteiger partial charge on any atom is 0.407 e. The van der Waals surface area contributed by atoms with Crippen LogP contribution in [0.3, 0.4) is 0 Å². The van der Waals surface area contributed by atoms with Crippen molar-refractivity contribution in [1.82, 2.24) is 15.3 Å². The predicted molar refractivity (Wildman–Crippen MR) is 270 cm³/mol. The van der Waals surface area contributed by atoms with Crippen molar-refractivity contribution in [3.8, 4) is 0 Å². The van der Waals surface area contributed by atoms with Gasteiger partial charge in [0.25, 0.3) is 0 Å². The number of alkyl halides is 1. The highest BCUT2D eigenvalue weighted by Crippen LogP contribution is 2.23. The first kappa shape index (κ1) is 57.5. The van der Waals surface area contributed by atoms with Gasteiger partial charge in [0, 0.05) is 87.2 Å². The SMILES string of the molecule is C.C1CCOC1.CC(C)(C)OC(=O)NCC(C(=O)Cc1ccc2cnccc2c1)c1ccc(CO)cc1.CCCl.CCO.NCC(C(=O)Cc1ccc2cnccc2c1)c1ccc(CO)cc1. The number of aliphatic hydroxyl groups excluding tert-OH is 3. The highest BCUT2D eigenvalue weighted by molar-refractivity contribution is 6.17. The fourth-order valence-electron chi connectivity index (χ4n) is 6.73. The summed E-state index contributed by atoms with van der Waals surface area (Å²) in [5.74, 6) is -0.0526. The smallest absolute Gasteiger partial charge is 0.407 e. The molecule has 0 bridgehead atoms. The number of carbonyl (C=O) groups is 3. The number of ether oxygens (including phenoxy) is 2. The fraction of sp³-hybridized carbons (Fsp3) is 0.389. The van der Waals surface area contributed by atoms with Crippen molar-refractivity contribution in [1.29, 1.82) is 0 Å². The van der Waals surface area contributed by atoms with Gasteiger partial charge in [0.1, 0.15) is 17.2 Å². The van der Waals surface area contributed by atoms with Crippen molar-refractivity contribution in [3.05, 3.63) is 155 Å². The number of rotatable bonds is 13. The Morgan fingerprint density at radius 2 is 1.09 bits per heavy atom. The number of Topliss-reactive ketones (excluding diaryl/α,β-unsaturated/α-hetero) is 2. The summed E-state index contributed by atoms with van der Waals surface area (Å²) in [7, 11) is 0. The van der Waals surface area contributed by atoms with Gasteiger partial charge >= 0.3 is 6.09 Å². The number of pyridine rings is 2. The first-order valence-corrected chi connectivity index (χ1v) is 22.8. The minimum absolute atomic E-state index is 0. The van der Waals surface area contributed by atoms with Crippen molar-refractivity contribution < 1.29 is 39.2 Å². The highest BCUT2D eigenvalue weighted by Gasteiger charge is 2.24. The molecule has 1 saturated heterocycles. The zero-order valence-corrected chi connectivity index (χ0v) is 39.7. The predicted octanol–water partition coefficient (Wildman–Crippen LogP) is 9.41. The second-order valence-corrected chi connectivity index (χ2v) is 16.9. The fourth-order valence-corrected chi connectivity index (χ4v) is 6.73. The van der Waals surface area contributed by atoms with E-state index in [0.29, 0.717) is 6.42 Å². The number of aliphatic hydroxyl groups is 3. The number of nitrogens with zero attached hydrogens (tertiary/aromatic N) is 2. The lowest BCUT2D eigenvalue weighted by Crippen LogP contribution is -2.36. The van der Waals surface area contributed by atoms with Crippen molar-refractivity contribution in [2.45, 2.75) is 98.4 Å². The number of alkyl carbamates (subject to hydrolysis) is 1. The molecule has 1 amide bonds. The number of amides is 1. The minimum Gasteiger partial charge on any atom is -0.444 e. The molecule has 2 aromatic heterocycles. The van der Waals surface area contributed by atoms with E-state index in [1.165, 1.54) is 12.8 Å². The number of ketones is 2. The molecule has 0 aliphatic carbocycles. The Morgan fingerprint density at radius 1 is 0.687 bits per heavy atom. The average molecular weight is 940 g/mol. The first-order valence-electron chi connectivity index (χ1n) is 22.3. The Hall–Kier alpha value is -5.60. The van der Waals surface area contributed by atoms with Crippen LogP contribution in [0.15, 0.2) is 122 Å². The molecular weight excluding hydrogens is 868 g/mol. The second kappa shape index (κ2) is 31.4. The van der Waals surface area contributed by atoms with Crippen LogP contribution in [0, 0.1) is 0 Å². The van der Waals surface area contributed by atoms with Crippen LogP contribution in [0.25, 0.3) is 21.5 Å². The summed E-state index contributed by atoms with van der Waals surface area (Å²) in [5.41, 5.74) is 10.4. The average Bonchev–Trinajstić information content (AvgIpc) is 3.91. The maximum atomic E-state index is 13.2. The van der Waals surface area contributed by atoms with Crippen molar-refractivity contribution >= 4 is 50.8 Å². The van der Waals surface area contributed by atoms with Gasteiger partial charge in [-0.2, -0.15) is 0 Å². The third-order valence-electron chi connectivity index (χ3n) is 9.99. The number of nitrogens with one attached hydrogen (secondary N) is 1. The van der Waals surface area contributed by atoms with E-state index in [9.17, 15) is 19.5 Å². The summed E-state index contributed by atoms with van der Waals surface area (Å²) in [4.78, 5) is 46.3. The van der Waals surface area contributed by atoms with E-state index in [1.54, 1.807) is 58.4 Å². The summed E-state index contributed by atoms with van der Waals surface area (Å²) >= 11 is 5.00. The molecule has 0 radical (unpaired) electrons. The third-order valence-corrected chi connectivity index (χ3v) is 9.99. The molecule has 0 saturated carbocycles. The standard InChI is InChI=1S/C25H28N2O4.C20H20N2O2.C4H8O.C2H5Cl.C2H6O.CH4/c1-25(2,3)31-24(30)27-15-22(19-7-4-17(16-28)5-8-19)23(29)13-18-6-9-21-14-26-11-10-20(21)12-18;21-11-19(16-4-1-14(13-23)2-5-16)20(24)10-15-3-6-18-12-22-8-7-17(18)9-15;1-2-4-5-3-1;2*1-2-3;/h4-12,14,22,28H,13,15-16H2,1-3H3,(H,27,30);1-9,12,19,23H,10-11,13,21H2;1-4H2;2H2,1H3;3H,2H2,1H3;1H4. The lowest BCUT2D eigenvalue weighted by Gasteiger charge is -2.22. The van der Waals surface area contributed by atoms with Crippen LogP contribution >= 0.6 is 11.6 Å². The van der Waals surface area contributed by atoms with Crippen LogP contribution in [0.2, 0.25) is 0 Å². The minimum atomic E-state index is -0.619. The summed E-state index contributed by atoms with van der Waals surface area (Å²) in [6.45, 7) is 11.5. The monoisotopic (exact) mass is 938 g/mol. The number of nitrogens with two attached hydrogens (primary N) is 1. The van der Waals surface area contributed by atoms with Crippen LogP contribution in [-0.2, 0) is 45.1 Å². The maximum absolute atomic E-state index is 13.2. The van der Waals surface area contributed by atoms with Gasteiger partial charge in [-0.15, -0.1) is 11.6 Å². The molecular formula is C54H71ClN4O8. The van der Waals surface area contributed by atoms with E-state index in [1.807, 2.05) is 98.0 Å². The molecule has 4 aromatic carbocycles. The number of halogens is 1. The molecule has 13 heteroatoms. The normalized spacial score (nSPS) is 12.4. The molecule has 6 N–H and O–H groups in total. The first-order chi connectivity index (χ1) is 31.8. The molecule has 6 aromatic rings. The summed E-state index contributed by atoms with van der Waals surface area (Å²) in [6, 6.07) is 30.3. The summed E-state index contributed by atoms with van der Waals surface area (Å²) in [6.07, 6.45) is 9.66. The Bertz CT molecular complexity index is 2340. The van der Waals surface area contributed by atoms with Crippen LogP contribution < -0.4 is 11.1 Å². The number of hydrogen-bond donors (Lipinski definition) is 5. The van der Waals surface area contributed by atoms with Crippen LogP contribution in [0.5, 0.6) is 0 Å². The number of aromatic nitrogens is 2. The van der Waals surface area contributed by atoms with E-state index in [0.717, 1.165) is 74.0 Å². The zero-order chi connectivity index (χ0) is 48.3. The zero-order valence-electron chi connectivity index (χ0n) is 38.9. The topological polar surface area (TPSA) is 194 Å². The molecule has 362 valence electrons. The molecule has 7 rings (SSSR count). The van der Waals surface area contributed by atoms with Gasteiger partial charge < -0.3 is 35.8 Å². The molecule has 67 heavy (non-hydrogen) atoms. The summed E-state index contributed by atoms with van der Waals surface area (Å²) in [5, 5.41) is 32.9. The third kappa shape index (κ3) is 20.8. The molecule has 2 unspecified atom stereocenters.